The zero-order valence-corrected chi connectivity index (χ0v) is 14.7. The summed E-state index contributed by atoms with van der Waals surface area (Å²) in [6, 6.07) is 1.60. The first kappa shape index (κ1) is 18.2. The van der Waals surface area contributed by atoms with E-state index >= 15 is 0 Å². The Hall–Kier alpha value is -2.61. The maximum Gasteiger partial charge on any atom is 0.339 e. The first-order valence-electron chi connectivity index (χ1n) is 8.22. The molecule has 3 amide bonds. The number of fused-ring (bicyclic) bond motifs is 1. The van der Waals surface area contributed by atoms with Gasteiger partial charge < -0.3 is 9.84 Å². The fourth-order valence-electron chi connectivity index (χ4n) is 3.37. The number of carboxylic acid groups (broad SMARTS) is 1. The monoisotopic (exact) mass is 380 g/mol. The predicted octanol–water partition coefficient (Wildman–Crippen LogP) is 2.29. The van der Waals surface area contributed by atoms with Gasteiger partial charge in [0.25, 0.3) is 5.91 Å². The fraction of sp³-hybridized carbons (Fsp3) is 0.412. The van der Waals surface area contributed by atoms with Gasteiger partial charge in [-0.3, -0.25) is 9.69 Å². The van der Waals surface area contributed by atoms with Gasteiger partial charge in [-0.25, -0.2) is 19.3 Å². The third kappa shape index (κ3) is 2.90. The summed E-state index contributed by atoms with van der Waals surface area (Å²) in [4.78, 5) is 51.0. The molecule has 26 heavy (non-hydrogen) atoms. The van der Waals surface area contributed by atoms with Crippen LogP contribution in [0.25, 0.3) is 0 Å². The van der Waals surface area contributed by atoms with Crippen LogP contribution in [0.3, 0.4) is 0 Å². The second kappa shape index (κ2) is 6.95. The number of ether oxygens (including phenoxy) is 1. The highest BCUT2D eigenvalue weighted by Gasteiger charge is 2.52. The lowest BCUT2D eigenvalue weighted by atomic mass is 9.97. The maximum absolute atomic E-state index is 12.8. The van der Waals surface area contributed by atoms with Crippen molar-refractivity contribution in [2.24, 2.45) is 0 Å². The lowest BCUT2D eigenvalue weighted by Crippen LogP contribution is -2.50. The van der Waals surface area contributed by atoms with Crippen LogP contribution in [-0.4, -0.2) is 52.6 Å². The Morgan fingerprint density at radius 1 is 1.31 bits per heavy atom. The summed E-state index contributed by atoms with van der Waals surface area (Å²) in [6.45, 7) is 1.80. The molecule has 2 unspecified atom stereocenters. The molecule has 2 saturated heterocycles. The number of hydrogen-bond donors (Lipinski definition) is 1. The number of carbonyl (C=O) groups excluding carboxylic acids is 3. The van der Waals surface area contributed by atoms with Crippen LogP contribution in [0.5, 0.6) is 0 Å². The molecular weight excluding hydrogens is 364 g/mol. The van der Waals surface area contributed by atoms with E-state index in [0.717, 1.165) is 9.80 Å². The Bertz CT molecular complexity index is 795. The van der Waals surface area contributed by atoms with Crippen LogP contribution in [0.4, 0.5) is 10.5 Å². The number of halogens is 1. The van der Waals surface area contributed by atoms with Gasteiger partial charge in [0.2, 0.25) is 0 Å². The van der Waals surface area contributed by atoms with Crippen molar-refractivity contribution in [3.05, 3.63) is 28.8 Å². The van der Waals surface area contributed by atoms with E-state index < -0.39 is 36.0 Å². The van der Waals surface area contributed by atoms with Crippen molar-refractivity contribution >= 4 is 41.2 Å². The Kier molecular flexibility index (Phi) is 4.86. The molecule has 138 valence electrons. The first-order chi connectivity index (χ1) is 12.4. The molecule has 2 aliphatic rings. The standard InChI is InChI=1S/C17H17ClN2O6/c1-2-26-16(24)10-8-9(6-7-11(10)18)19-14(21)12-4-3-5-13(15(22)23)20(12)17(19)25/h6-8,12-13H,2-5H2,1H3,(H,22,23). The minimum absolute atomic E-state index is 0.0336. The number of piperidine rings is 1. The summed E-state index contributed by atoms with van der Waals surface area (Å²) in [7, 11) is 0. The van der Waals surface area contributed by atoms with Gasteiger partial charge in [0, 0.05) is 0 Å². The van der Waals surface area contributed by atoms with Crippen LogP contribution < -0.4 is 4.90 Å². The number of nitrogens with zero attached hydrogens (tertiary/aromatic N) is 2. The van der Waals surface area contributed by atoms with Gasteiger partial charge in [0.1, 0.15) is 12.1 Å². The third-order valence-corrected chi connectivity index (χ3v) is 4.86. The zero-order valence-electron chi connectivity index (χ0n) is 14.0. The number of benzene rings is 1. The van der Waals surface area contributed by atoms with E-state index in [9.17, 15) is 24.3 Å². The Morgan fingerprint density at radius 3 is 2.69 bits per heavy atom. The lowest BCUT2D eigenvalue weighted by Gasteiger charge is -2.32. The molecule has 2 fully saturated rings. The van der Waals surface area contributed by atoms with Crippen LogP contribution in [-0.2, 0) is 14.3 Å². The van der Waals surface area contributed by atoms with E-state index in [2.05, 4.69) is 0 Å². The van der Waals surface area contributed by atoms with E-state index in [0.29, 0.717) is 19.3 Å². The van der Waals surface area contributed by atoms with Crippen molar-refractivity contribution in [1.29, 1.82) is 0 Å². The number of rotatable bonds is 4. The Balaban J connectivity index is 1.98. The van der Waals surface area contributed by atoms with E-state index in [4.69, 9.17) is 16.3 Å². The zero-order chi connectivity index (χ0) is 19.0. The summed E-state index contributed by atoms with van der Waals surface area (Å²) < 4.78 is 4.92. The maximum atomic E-state index is 12.8. The van der Waals surface area contributed by atoms with Gasteiger partial charge in [-0.2, -0.15) is 0 Å². The molecule has 3 rings (SSSR count). The van der Waals surface area contributed by atoms with Crippen molar-refractivity contribution in [2.45, 2.75) is 38.3 Å². The molecule has 0 radical (unpaired) electrons. The second-order valence-electron chi connectivity index (χ2n) is 6.05. The van der Waals surface area contributed by atoms with Crippen molar-refractivity contribution in [2.75, 3.05) is 11.5 Å². The smallest absolute Gasteiger partial charge is 0.339 e. The van der Waals surface area contributed by atoms with E-state index in [-0.39, 0.29) is 22.9 Å². The molecule has 0 bridgehead atoms. The van der Waals surface area contributed by atoms with Crippen molar-refractivity contribution in [3.8, 4) is 0 Å². The van der Waals surface area contributed by atoms with Crippen LogP contribution in [0, 0.1) is 0 Å². The highest BCUT2D eigenvalue weighted by atomic mass is 35.5. The summed E-state index contributed by atoms with van der Waals surface area (Å²) in [6.07, 6.45) is 1.25. The largest absolute Gasteiger partial charge is 0.480 e. The molecule has 1 N–H and O–H groups in total. The van der Waals surface area contributed by atoms with Crippen LogP contribution in [0.1, 0.15) is 36.5 Å². The average Bonchev–Trinajstić information content (AvgIpc) is 2.87. The molecule has 9 heteroatoms. The van der Waals surface area contributed by atoms with Gasteiger partial charge in [-0.1, -0.05) is 11.6 Å². The topological polar surface area (TPSA) is 104 Å². The molecular formula is C17H17ClN2O6. The van der Waals surface area contributed by atoms with Crippen LogP contribution >= 0.6 is 11.6 Å². The first-order valence-corrected chi connectivity index (χ1v) is 8.60. The SMILES string of the molecule is CCOC(=O)c1cc(N2C(=O)C3CCCC(C(=O)O)N3C2=O)ccc1Cl. The quantitative estimate of drug-likeness (QED) is 0.634. The molecule has 0 aliphatic carbocycles. The molecule has 2 heterocycles. The summed E-state index contributed by atoms with van der Waals surface area (Å²) in [5.74, 6) is -2.31. The number of hydrogen-bond acceptors (Lipinski definition) is 5. The number of amides is 3. The minimum Gasteiger partial charge on any atom is -0.480 e. The predicted molar refractivity (Wildman–Crippen MR) is 91.2 cm³/mol. The molecule has 0 aromatic heterocycles. The molecule has 0 saturated carbocycles. The molecule has 2 atom stereocenters. The van der Waals surface area contributed by atoms with Gasteiger partial charge in [0.05, 0.1) is 22.9 Å². The Morgan fingerprint density at radius 2 is 2.04 bits per heavy atom. The van der Waals surface area contributed by atoms with Crippen molar-refractivity contribution in [1.82, 2.24) is 4.90 Å². The van der Waals surface area contributed by atoms with Crippen molar-refractivity contribution < 1.29 is 29.0 Å². The number of aliphatic carboxylic acids is 1. The summed E-state index contributed by atoms with van der Waals surface area (Å²) in [5.41, 5.74) is 0.192. The van der Waals surface area contributed by atoms with E-state index in [1.54, 1.807) is 6.92 Å². The molecule has 0 spiro atoms. The number of anilines is 1. The average molecular weight is 381 g/mol. The van der Waals surface area contributed by atoms with Gasteiger partial charge in [-0.15, -0.1) is 0 Å². The van der Waals surface area contributed by atoms with Gasteiger partial charge >= 0.3 is 18.0 Å². The number of carboxylic acids is 1. The van der Waals surface area contributed by atoms with Crippen LogP contribution in [0.15, 0.2) is 18.2 Å². The third-order valence-electron chi connectivity index (χ3n) is 4.53. The van der Waals surface area contributed by atoms with E-state index in [1.165, 1.54) is 18.2 Å². The molecule has 1 aromatic rings. The number of urea groups is 1. The number of carbonyl (C=O) groups is 4. The minimum atomic E-state index is -1.14. The number of esters is 1. The van der Waals surface area contributed by atoms with Gasteiger partial charge in [0.15, 0.2) is 0 Å². The van der Waals surface area contributed by atoms with Gasteiger partial charge in [-0.05, 0) is 44.4 Å². The number of imide groups is 1. The molecule has 2 aliphatic heterocycles. The summed E-state index contributed by atoms with van der Waals surface area (Å²) >= 11 is 6.02. The fourth-order valence-corrected chi connectivity index (χ4v) is 3.56. The molecule has 1 aromatic carbocycles. The van der Waals surface area contributed by atoms with Crippen molar-refractivity contribution in [3.63, 3.8) is 0 Å². The second-order valence-corrected chi connectivity index (χ2v) is 6.46. The highest BCUT2D eigenvalue weighted by molar-refractivity contribution is 6.34. The highest BCUT2D eigenvalue weighted by Crippen LogP contribution is 2.35. The Labute approximate surface area is 154 Å². The summed E-state index contributed by atoms with van der Waals surface area (Å²) in [5, 5.41) is 9.49. The normalized spacial score (nSPS) is 22.4. The molecule has 8 nitrogen and oxygen atoms in total. The van der Waals surface area contributed by atoms with E-state index in [1.807, 2.05) is 0 Å². The van der Waals surface area contributed by atoms with Crippen LogP contribution in [0.2, 0.25) is 5.02 Å². The lowest BCUT2D eigenvalue weighted by molar-refractivity contribution is -0.144.